The average molecular weight is 500 g/mol. The lowest BCUT2D eigenvalue weighted by Gasteiger charge is -2.27. The van der Waals surface area contributed by atoms with E-state index in [4.69, 9.17) is 4.74 Å². The van der Waals surface area contributed by atoms with Crippen LogP contribution in [0.1, 0.15) is 31.7 Å². The Hall–Kier alpha value is -1.55. The summed E-state index contributed by atoms with van der Waals surface area (Å²) in [5.41, 5.74) is 0.815. The lowest BCUT2D eigenvalue weighted by molar-refractivity contribution is -0.136. The van der Waals surface area contributed by atoms with Crippen molar-refractivity contribution in [1.29, 1.82) is 0 Å². The number of likely N-dealkylation sites (tertiary alicyclic amines) is 1. The summed E-state index contributed by atoms with van der Waals surface area (Å²) in [5, 5.41) is -0.391. The molecular weight excluding hydrogens is 479 g/mol. The summed E-state index contributed by atoms with van der Waals surface area (Å²) >= 11 is 3.06. The van der Waals surface area contributed by atoms with Crippen molar-refractivity contribution in [2.24, 2.45) is 0 Å². The van der Waals surface area contributed by atoms with E-state index in [-0.39, 0.29) is 12.5 Å². The molecule has 8 heteroatoms. The van der Waals surface area contributed by atoms with E-state index in [1.807, 2.05) is 25.1 Å². The van der Waals surface area contributed by atoms with Gasteiger partial charge in [-0.2, -0.15) is 0 Å². The molecule has 27 heavy (non-hydrogen) atoms. The van der Waals surface area contributed by atoms with Crippen LogP contribution in [-0.2, 0) is 9.59 Å². The van der Waals surface area contributed by atoms with Gasteiger partial charge < -0.3 is 9.64 Å². The first-order chi connectivity index (χ1) is 13.0. The van der Waals surface area contributed by atoms with E-state index in [0.29, 0.717) is 24.6 Å². The van der Waals surface area contributed by atoms with Crippen LogP contribution >= 0.6 is 34.4 Å². The second-order valence-corrected chi connectivity index (χ2v) is 8.49. The van der Waals surface area contributed by atoms with Crippen molar-refractivity contribution in [1.82, 2.24) is 9.80 Å². The first-order valence-electron chi connectivity index (χ1n) is 8.95. The fraction of sp³-hybridized carbons (Fsp3) is 0.421. The lowest BCUT2D eigenvalue weighted by Crippen LogP contribution is -2.44. The Kier molecular flexibility index (Phi) is 6.80. The van der Waals surface area contributed by atoms with Crippen molar-refractivity contribution in [3.8, 4) is 5.75 Å². The summed E-state index contributed by atoms with van der Waals surface area (Å²) in [6.07, 6.45) is 4.76. The van der Waals surface area contributed by atoms with Crippen LogP contribution in [0.3, 0.4) is 0 Å². The predicted molar refractivity (Wildman–Crippen MR) is 113 cm³/mol. The highest BCUT2D eigenvalue weighted by atomic mass is 127. The van der Waals surface area contributed by atoms with Crippen LogP contribution in [0.25, 0.3) is 6.08 Å². The zero-order chi connectivity index (χ0) is 19.4. The Balaban J connectivity index is 1.70. The van der Waals surface area contributed by atoms with Crippen LogP contribution < -0.4 is 4.74 Å². The first kappa shape index (κ1) is 20.2. The smallest absolute Gasteiger partial charge is 0.294 e. The third kappa shape index (κ3) is 4.84. The zero-order valence-electron chi connectivity index (χ0n) is 15.1. The number of piperidine rings is 1. The summed E-state index contributed by atoms with van der Waals surface area (Å²) in [5.74, 6) is 0.226. The molecule has 2 saturated heterocycles. The number of hydrogen-bond acceptors (Lipinski definition) is 5. The van der Waals surface area contributed by atoms with Crippen molar-refractivity contribution in [3.05, 3.63) is 32.2 Å². The maximum absolute atomic E-state index is 12.6. The molecule has 3 rings (SSSR count). The van der Waals surface area contributed by atoms with E-state index >= 15 is 0 Å². The van der Waals surface area contributed by atoms with Crippen molar-refractivity contribution >= 4 is 57.5 Å². The number of imide groups is 1. The number of nitrogens with zero attached hydrogens (tertiary/aromatic N) is 2. The Bertz CT molecular complexity index is 790. The minimum absolute atomic E-state index is 0.158. The third-order valence-corrected chi connectivity index (χ3v) is 6.18. The standard InChI is InChI=1S/C19H21IN2O4S/c1-2-26-15-7-6-13(10-14(15)20)11-16-18(24)22(19(25)27-16)12-17(23)21-8-4-3-5-9-21/h6-7,10-11H,2-5,8-9,12H2,1H3/b16-11-. The fourth-order valence-corrected chi connectivity index (χ4v) is 4.58. The van der Waals surface area contributed by atoms with Crippen LogP contribution in [0.15, 0.2) is 23.1 Å². The molecule has 0 atom stereocenters. The number of rotatable bonds is 5. The summed E-state index contributed by atoms with van der Waals surface area (Å²) in [7, 11) is 0. The molecule has 0 unspecified atom stereocenters. The second kappa shape index (κ2) is 9.09. The van der Waals surface area contributed by atoms with E-state index < -0.39 is 11.1 Å². The maximum atomic E-state index is 12.6. The van der Waals surface area contributed by atoms with Crippen LogP contribution in [0.4, 0.5) is 4.79 Å². The van der Waals surface area contributed by atoms with Gasteiger partial charge in [-0.1, -0.05) is 6.07 Å². The highest BCUT2D eigenvalue weighted by Gasteiger charge is 2.37. The minimum atomic E-state index is -0.403. The number of ether oxygens (including phenoxy) is 1. The van der Waals surface area contributed by atoms with Gasteiger partial charge in [-0.15, -0.1) is 0 Å². The van der Waals surface area contributed by atoms with Gasteiger partial charge in [0, 0.05) is 13.1 Å². The van der Waals surface area contributed by atoms with Gasteiger partial charge >= 0.3 is 0 Å². The molecule has 2 fully saturated rings. The third-order valence-electron chi connectivity index (χ3n) is 4.43. The molecule has 0 N–H and O–H groups in total. The van der Waals surface area contributed by atoms with Gasteiger partial charge in [0.2, 0.25) is 5.91 Å². The number of benzene rings is 1. The van der Waals surface area contributed by atoms with Gasteiger partial charge in [-0.05, 0) is 84.3 Å². The Morgan fingerprint density at radius 1 is 1.26 bits per heavy atom. The number of hydrogen-bond donors (Lipinski definition) is 0. The molecule has 2 heterocycles. The van der Waals surface area contributed by atoms with Gasteiger partial charge in [-0.3, -0.25) is 19.3 Å². The average Bonchev–Trinajstić information content (AvgIpc) is 2.92. The molecular formula is C19H21IN2O4S. The van der Waals surface area contributed by atoms with Gasteiger partial charge in [0.05, 0.1) is 15.1 Å². The highest BCUT2D eigenvalue weighted by Crippen LogP contribution is 2.33. The molecule has 3 amide bonds. The molecule has 0 spiro atoms. The van der Waals surface area contributed by atoms with Crippen molar-refractivity contribution in [2.45, 2.75) is 26.2 Å². The van der Waals surface area contributed by atoms with Crippen molar-refractivity contribution < 1.29 is 19.1 Å². The predicted octanol–water partition coefficient (Wildman–Crippen LogP) is 3.74. The quantitative estimate of drug-likeness (QED) is 0.456. The van der Waals surface area contributed by atoms with Crippen LogP contribution in [0.5, 0.6) is 5.75 Å². The molecule has 6 nitrogen and oxygen atoms in total. The fourth-order valence-electron chi connectivity index (χ4n) is 3.05. The molecule has 144 valence electrons. The van der Waals surface area contributed by atoms with E-state index in [9.17, 15) is 14.4 Å². The van der Waals surface area contributed by atoms with Crippen molar-refractivity contribution in [3.63, 3.8) is 0 Å². The molecule has 0 aromatic heterocycles. The molecule has 1 aromatic carbocycles. The van der Waals surface area contributed by atoms with Crippen LogP contribution in [0, 0.1) is 3.57 Å². The minimum Gasteiger partial charge on any atom is -0.493 e. The summed E-state index contributed by atoms with van der Waals surface area (Å²) in [6, 6.07) is 5.60. The number of carbonyl (C=O) groups is 3. The molecule has 0 bridgehead atoms. The Morgan fingerprint density at radius 3 is 2.67 bits per heavy atom. The number of carbonyl (C=O) groups excluding carboxylic acids is 3. The van der Waals surface area contributed by atoms with Crippen LogP contribution in [0.2, 0.25) is 0 Å². The van der Waals surface area contributed by atoms with E-state index in [2.05, 4.69) is 22.6 Å². The van der Waals surface area contributed by atoms with Gasteiger partial charge in [0.1, 0.15) is 12.3 Å². The maximum Gasteiger partial charge on any atom is 0.294 e. The second-order valence-electron chi connectivity index (χ2n) is 6.33. The van der Waals surface area contributed by atoms with Crippen molar-refractivity contribution in [2.75, 3.05) is 26.2 Å². The SMILES string of the molecule is CCOc1ccc(/C=C2\SC(=O)N(CC(=O)N3CCCCC3)C2=O)cc1I. The summed E-state index contributed by atoms with van der Waals surface area (Å²) in [6.45, 7) is 3.73. The zero-order valence-corrected chi connectivity index (χ0v) is 18.0. The van der Waals surface area contributed by atoms with Gasteiger partial charge in [0.15, 0.2) is 0 Å². The number of amides is 3. The molecule has 0 radical (unpaired) electrons. The highest BCUT2D eigenvalue weighted by molar-refractivity contribution is 14.1. The molecule has 0 aliphatic carbocycles. The van der Waals surface area contributed by atoms with Crippen LogP contribution in [-0.4, -0.2) is 53.1 Å². The van der Waals surface area contributed by atoms with Gasteiger partial charge in [0.25, 0.3) is 11.1 Å². The number of thioether (sulfide) groups is 1. The summed E-state index contributed by atoms with van der Waals surface area (Å²) in [4.78, 5) is 40.4. The van der Waals surface area contributed by atoms with E-state index in [0.717, 1.165) is 50.8 Å². The monoisotopic (exact) mass is 500 g/mol. The first-order valence-corrected chi connectivity index (χ1v) is 10.8. The molecule has 2 aliphatic heterocycles. The molecule has 2 aliphatic rings. The Morgan fingerprint density at radius 2 is 2.00 bits per heavy atom. The van der Waals surface area contributed by atoms with E-state index in [1.165, 1.54) is 0 Å². The van der Waals surface area contributed by atoms with E-state index in [1.54, 1.807) is 11.0 Å². The molecule has 1 aromatic rings. The topological polar surface area (TPSA) is 66.9 Å². The normalized spacial score (nSPS) is 19.1. The summed E-state index contributed by atoms with van der Waals surface area (Å²) < 4.78 is 6.45. The molecule has 0 saturated carbocycles. The largest absolute Gasteiger partial charge is 0.493 e. The van der Waals surface area contributed by atoms with Gasteiger partial charge in [-0.25, -0.2) is 0 Å². The Labute approximate surface area is 176 Å². The lowest BCUT2D eigenvalue weighted by atomic mass is 10.1. The number of halogens is 1.